The van der Waals surface area contributed by atoms with Gasteiger partial charge >= 0.3 is 11.9 Å². The quantitative estimate of drug-likeness (QED) is 0.715. The zero-order chi connectivity index (χ0) is 12.2. The van der Waals surface area contributed by atoms with E-state index in [2.05, 4.69) is 0 Å². The summed E-state index contributed by atoms with van der Waals surface area (Å²) in [5.74, 6) is -2.01. The molecule has 0 rings (SSSR count). The highest BCUT2D eigenvalue weighted by atomic mass is 16.4. The molecule has 0 spiro atoms. The standard InChI is InChI=1S/C10H19NO4/c1-7(10(2,3)4)11(5-8(12)13)6-9(14)15/h7H,5-6H2,1-4H3,(H,12,13)(H,14,15)/t7-/m1/s1. The molecule has 0 heterocycles. The molecule has 0 aliphatic carbocycles. The number of carboxylic acids is 2. The van der Waals surface area contributed by atoms with Gasteiger partial charge in [-0.15, -0.1) is 0 Å². The van der Waals surface area contributed by atoms with Crippen molar-refractivity contribution in [3.63, 3.8) is 0 Å². The van der Waals surface area contributed by atoms with Crippen molar-refractivity contribution in [3.8, 4) is 0 Å². The summed E-state index contributed by atoms with van der Waals surface area (Å²) in [6.45, 7) is 7.21. The zero-order valence-electron chi connectivity index (χ0n) is 9.65. The molecule has 0 aromatic carbocycles. The maximum atomic E-state index is 10.6. The molecular weight excluding hydrogens is 198 g/mol. The third-order valence-electron chi connectivity index (χ3n) is 2.48. The lowest BCUT2D eigenvalue weighted by Crippen LogP contribution is -2.46. The third-order valence-corrected chi connectivity index (χ3v) is 2.48. The molecule has 2 N–H and O–H groups in total. The van der Waals surface area contributed by atoms with Crippen LogP contribution in [0.4, 0.5) is 0 Å². The molecule has 0 unspecified atom stereocenters. The minimum Gasteiger partial charge on any atom is -0.480 e. The fraction of sp³-hybridized carbons (Fsp3) is 0.800. The van der Waals surface area contributed by atoms with Gasteiger partial charge in [0.1, 0.15) is 0 Å². The molecule has 1 atom stereocenters. The van der Waals surface area contributed by atoms with E-state index in [1.54, 1.807) is 0 Å². The number of hydrogen-bond acceptors (Lipinski definition) is 3. The largest absolute Gasteiger partial charge is 0.480 e. The van der Waals surface area contributed by atoms with Crippen LogP contribution in [0, 0.1) is 5.41 Å². The van der Waals surface area contributed by atoms with Crippen LogP contribution in [0.1, 0.15) is 27.7 Å². The lowest BCUT2D eigenvalue weighted by molar-refractivity contribution is -0.143. The van der Waals surface area contributed by atoms with Gasteiger partial charge in [0.25, 0.3) is 0 Å². The molecule has 0 aliphatic heterocycles. The molecule has 0 saturated heterocycles. The van der Waals surface area contributed by atoms with E-state index in [4.69, 9.17) is 10.2 Å². The second-order valence-corrected chi connectivity index (χ2v) is 4.73. The molecule has 5 heteroatoms. The number of carboxylic acid groups (broad SMARTS) is 2. The smallest absolute Gasteiger partial charge is 0.317 e. The van der Waals surface area contributed by atoms with E-state index in [0.717, 1.165) is 0 Å². The van der Waals surface area contributed by atoms with Crippen molar-refractivity contribution < 1.29 is 19.8 Å². The highest BCUT2D eigenvalue weighted by Crippen LogP contribution is 2.23. The van der Waals surface area contributed by atoms with E-state index < -0.39 is 11.9 Å². The lowest BCUT2D eigenvalue weighted by atomic mass is 9.87. The molecule has 0 aromatic heterocycles. The Bertz CT molecular complexity index is 228. The maximum Gasteiger partial charge on any atom is 0.317 e. The first-order valence-corrected chi connectivity index (χ1v) is 4.82. The van der Waals surface area contributed by atoms with Gasteiger partial charge in [-0.25, -0.2) is 0 Å². The fourth-order valence-corrected chi connectivity index (χ4v) is 1.22. The minimum atomic E-state index is -1.01. The summed E-state index contributed by atoms with van der Waals surface area (Å²) in [5.41, 5.74) is -0.148. The molecule has 0 saturated carbocycles. The topological polar surface area (TPSA) is 77.8 Å². The van der Waals surface area contributed by atoms with Crippen molar-refractivity contribution in [2.45, 2.75) is 33.7 Å². The van der Waals surface area contributed by atoms with Crippen molar-refractivity contribution in [1.82, 2.24) is 4.90 Å². The first-order valence-electron chi connectivity index (χ1n) is 4.82. The van der Waals surface area contributed by atoms with E-state index in [1.807, 2.05) is 27.7 Å². The second kappa shape index (κ2) is 5.11. The van der Waals surface area contributed by atoms with Crippen LogP contribution in [0.15, 0.2) is 0 Å². The predicted molar refractivity (Wildman–Crippen MR) is 55.8 cm³/mol. The summed E-state index contributed by atoms with van der Waals surface area (Å²) in [4.78, 5) is 22.6. The molecule has 0 aromatic rings. The summed E-state index contributed by atoms with van der Waals surface area (Å²) >= 11 is 0. The van der Waals surface area contributed by atoms with Gasteiger partial charge < -0.3 is 10.2 Å². The van der Waals surface area contributed by atoms with Gasteiger partial charge in [0, 0.05) is 6.04 Å². The molecule has 0 radical (unpaired) electrons. The number of rotatable bonds is 5. The van der Waals surface area contributed by atoms with Crippen LogP contribution < -0.4 is 0 Å². The first-order chi connectivity index (χ1) is 6.64. The van der Waals surface area contributed by atoms with Gasteiger partial charge in [0.05, 0.1) is 13.1 Å². The predicted octanol–water partition coefficient (Wildman–Crippen LogP) is 0.892. The monoisotopic (exact) mass is 217 g/mol. The van der Waals surface area contributed by atoms with Crippen LogP contribution in [0.2, 0.25) is 0 Å². The van der Waals surface area contributed by atoms with Crippen molar-refractivity contribution >= 4 is 11.9 Å². The van der Waals surface area contributed by atoms with Gasteiger partial charge in [-0.2, -0.15) is 0 Å². The van der Waals surface area contributed by atoms with Crippen molar-refractivity contribution in [3.05, 3.63) is 0 Å². The number of aliphatic carboxylic acids is 2. The Morgan fingerprint density at radius 3 is 1.67 bits per heavy atom. The first kappa shape index (κ1) is 13.9. The normalized spacial score (nSPS) is 13.9. The summed E-state index contributed by atoms with van der Waals surface area (Å²) in [6.07, 6.45) is 0. The molecule has 0 fully saturated rings. The van der Waals surface area contributed by atoms with Gasteiger partial charge in [-0.1, -0.05) is 20.8 Å². The fourth-order valence-electron chi connectivity index (χ4n) is 1.22. The van der Waals surface area contributed by atoms with E-state index in [9.17, 15) is 9.59 Å². The van der Waals surface area contributed by atoms with Gasteiger partial charge in [0.2, 0.25) is 0 Å². The Kier molecular flexibility index (Phi) is 4.74. The second-order valence-electron chi connectivity index (χ2n) is 4.73. The number of carbonyl (C=O) groups is 2. The Morgan fingerprint density at radius 2 is 1.47 bits per heavy atom. The molecule has 88 valence electrons. The molecule has 0 bridgehead atoms. The highest BCUT2D eigenvalue weighted by Gasteiger charge is 2.28. The van der Waals surface area contributed by atoms with Crippen molar-refractivity contribution in [2.24, 2.45) is 5.41 Å². The van der Waals surface area contributed by atoms with Crippen molar-refractivity contribution in [1.29, 1.82) is 0 Å². The van der Waals surface area contributed by atoms with Gasteiger partial charge in [0.15, 0.2) is 0 Å². The number of hydrogen-bond donors (Lipinski definition) is 2. The summed E-state index contributed by atoms with van der Waals surface area (Å²) < 4.78 is 0. The van der Waals surface area contributed by atoms with Crippen LogP contribution in [0.3, 0.4) is 0 Å². The Labute approximate surface area is 89.7 Å². The molecule has 15 heavy (non-hydrogen) atoms. The van der Waals surface area contributed by atoms with Crippen molar-refractivity contribution in [2.75, 3.05) is 13.1 Å². The summed E-state index contributed by atoms with van der Waals surface area (Å²) in [5, 5.41) is 17.4. The molecule has 0 aliphatic rings. The average molecular weight is 217 g/mol. The number of nitrogens with zero attached hydrogens (tertiary/aromatic N) is 1. The zero-order valence-corrected chi connectivity index (χ0v) is 9.65. The molecular formula is C10H19NO4. The van der Waals surface area contributed by atoms with Crippen LogP contribution >= 0.6 is 0 Å². The summed E-state index contributed by atoms with van der Waals surface area (Å²) in [7, 11) is 0. The third kappa shape index (κ3) is 5.37. The minimum absolute atomic E-state index is 0.107. The van der Waals surface area contributed by atoms with Crippen LogP contribution in [-0.2, 0) is 9.59 Å². The molecule has 5 nitrogen and oxygen atoms in total. The van der Waals surface area contributed by atoms with Crippen LogP contribution in [-0.4, -0.2) is 46.2 Å². The Balaban J connectivity index is 4.61. The Hall–Kier alpha value is -1.10. The van der Waals surface area contributed by atoms with E-state index in [1.165, 1.54) is 4.90 Å². The SMILES string of the molecule is C[C@@H](N(CC(=O)O)CC(=O)O)C(C)(C)C. The highest BCUT2D eigenvalue weighted by molar-refractivity contribution is 5.72. The maximum absolute atomic E-state index is 10.6. The van der Waals surface area contributed by atoms with E-state index in [0.29, 0.717) is 0 Å². The Morgan fingerprint density at radius 1 is 1.13 bits per heavy atom. The van der Waals surface area contributed by atoms with Crippen LogP contribution in [0.25, 0.3) is 0 Å². The van der Waals surface area contributed by atoms with Crippen LogP contribution in [0.5, 0.6) is 0 Å². The van der Waals surface area contributed by atoms with Gasteiger partial charge in [-0.05, 0) is 12.3 Å². The summed E-state index contributed by atoms with van der Waals surface area (Å²) in [6, 6.07) is -0.107. The van der Waals surface area contributed by atoms with E-state index >= 15 is 0 Å². The van der Waals surface area contributed by atoms with Gasteiger partial charge in [-0.3, -0.25) is 14.5 Å². The molecule has 0 amide bonds. The lowest BCUT2D eigenvalue weighted by Gasteiger charge is -2.35. The van der Waals surface area contributed by atoms with E-state index in [-0.39, 0.29) is 24.5 Å². The average Bonchev–Trinajstić information content (AvgIpc) is 1.98.